The minimum Gasteiger partial charge on any atom is -0.495 e. The van der Waals surface area contributed by atoms with Gasteiger partial charge in [-0.2, -0.15) is 0 Å². The van der Waals surface area contributed by atoms with Gasteiger partial charge in [-0.3, -0.25) is 14.5 Å². The van der Waals surface area contributed by atoms with Gasteiger partial charge in [-0.1, -0.05) is 29.8 Å². The van der Waals surface area contributed by atoms with E-state index in [4.69, 9.17) is 16.3 Å². The molecule has 0 saturated carbocycles. The molecule has 1 aliphatic heterocycles. The Labute approximate surface area is 170 Å². The number of hydrogen-bond donors (Lipinski definition) is 1. The lowest BCUT2D eigenvalue weighted by molar-refractivity contribution is -0.116. The third kappa shape index (κ3) is 5.24. The van der Waals surface area contributed by atoms with Gasteiger partial charge in [0.15, 0.2) is 0 Å². The number of methoxy groups -OCH3 is 1. The van der Waals surface area contributed by atoms with E-state index >= 15 is 0 Å². The summed E-state index contributed by atoms with van der Waals surface area (Å²) in [6, 6.07) is 14.4. The van der Waals surface area contributed by atoms with Gasteiger partial charge in [-0.15, -0.1) is 0 Å². The molecule has 0 unspecified atom stereocenters. The van der Waals surface area contributed by atoms with Crippen molar-refractivity contribution in [3.8, 4) is 5.75 Å². The van der Waals surface area contributed by atoms with Crippen LogP contribution in [0.1, 0.15) is 16.8 Å². The zero-order valence-electron chi connectivity index (χ0n) is 15.9. The Morgan fingerprint density at radius 3 is 2.46 bits per heavy atom. The number of halogens is 1. The van der Waals surface area contributed by atoms with Crippen molar-refractivity contribution in [3.05, 3.63) is 59.1 Å². The molecule has 2 amide bonds. The van der Waals surface area contributed by atoms with Crippen LogP contribution in [0.3, 0.4) is 0 Å². The van der Waals surface area contributed by atoms with Crippen LogP contribution in [0, 0.1) is 0 Å². The predicted molar refractivity (Wildman–Crippen MR) is 110 cm³/mol. The fourth-order valence-electron chi connectivity index (χ4n) is 3.19. The number of hydrogen-bond acceptors (Lipinski definition) is 4. The summed E-state index contributed by atoms with van der Waals surface area (Å²) in [6.45, 7) is 3.48. The van der Waals surface area contributed by atoms with E-state index in [1.165, 1.54) is 0 Å². The molecule has 1 fully saturated rings. The second-order valence-corrected chi connectivity index (χ2v) is 7.08. The van der Waals surface area contributed by atoms with E-state index in [-0.39, 0.29) is 11.8 Å². The largest absolute Gasteiger partial charge is 0.495 e. The van der Waals surface area contributed by atoms with Crippen molar-refractivity contribution in [2.45, 2.75) is 6.42 Å². The van der Waals surface area contributed by atoms with Crippen LogP contribution < -0.4 is 10.1 Å². The quantitative estimate of drug-likeness (QED) is 0.807. The van der Waals surface area contributed by atoms with Crippen LogP contribution in [-0.4, -0.2) is 61.4 Å². The topological polar surface area (TPSA) is 61.9 Å². The standard InChI is InChI=1S/C21H24ClN3O3/c1-28-19-8-7-17(22)15-18(19)23-20(26)9-10-24-11-13-25(14-12-24)21(27)16-5-3-2-4-6-16/h2-8,15H,9-14H2,1H3,(H,23,26). The molecule has 7 heteroatoms. The van der Waals surface area contributed by atoms with Gasteiger partial charge in [0.2, 0.25) is 5.91 Å². The third-order valence-corrected chi connectivity index (χ3v) is 5.01. The first-order valence-electron chi connectivity index (χ1n) is 9.27. The molecule has 28 heavy (non-hydrogen) atoms. The molecule has 6 nitrogen and oxygen atoms in total. The number of carbonyl (C=O) groups excluding carboxylic acids is 2. The van der Waals surface area contributed by atoms with Crippen molar-refractivity contribution >= 4 is 29.1 Å². The van der Waals surface area contributed by atoms with E-state index in [9.17, 15) is 9.59 Å². The maximum Gasteiger partial charge on any atom is 0.253 e. The van der Waals surface area contributed by atoms with Gasteiger partial charge in [0.05, 0.1) is 12.8 Å². The Kier molecular flexibility index (Phi) is 6.90. The molecule has 0 aromatic heterocycles. The normalized spacial score (nSPS) is 14.6. The highest BCUT2D eigenvalue weighted by Gasteiger charge is 2.22. The lowest BCUT2D eigenvalue weighted by atomic mass is 10.2. The Balaban J connectivity index is 1.45. The monoisotopic (exact) mass is 401 g/mol. The first-order valence-corrected chi connectivity index (χ1v) is 9.64. The molecule has 2 aromatic rings. The van der Waals surface area contributed by atoms with Gasteiger partial charge in [0.25, 0.3) is 5.91 Å². The summed E-state index contributed by atoms with van der Waals surface area (Å²) < 4.78 is 5.25. The van der Waals surface area contributed by atoms with Crippen LogP contribution in [0.2, 0.25) is 5.02 Å². The van der Waals surface area contributed by atoms with Crippen LogP contribution >= 0.6 is 11.6 Å². The van der Waals surface area contributed by atoms with E-state index in [1.54, 1.807) is 25.3 Å². The van der Waals surface area contributed by atoms with Crippen molar-refractivity contribution in [2.75, 3.05) is 45.2 Å². The third-order valence-electron chi connectivity index (χ3n) is 4.77. The van der Waals surface area contributed by atoms with E-state index in [0.717, 1.165) is 13.1 Å². The zero-order chi connectivity index (χ0) is 19.9. The van der Waals surface area contributed by atoms with E-state index in [0.29, 0.717) is 48.1 Å². The van der Waals surface area contributed by atoms with Gasteiger partial charge < -0.3 is 15.0 Å². The summed E-state index contributed by atoms with van der Waals surface area (Å²) in [5.41, 5.74) is 1.28. The van der Waals surface area contributed by atoms with Crippen LogP contribution in [0.4, 0.5) is 5.69 Å². The van der Waals surface area contributed by atoms with E-state index in [2.05, 4.69) is 10.2 Å². The van der Waals surface area contributed by atoms with E-state index < -0.39 is 0 Å². The summed E-state index contributed by atoms with van der Waals surface area (Å²) >= 11 is 5.99. The Hall–Kier alpha value is -2.57. The zero-order valence-corrected chi connectivity index (χ0v) is 16.6. The Morgan fingerprint density at radius 1 is 1.07 bits per heavy atom. The average Bonchev–Trinajstić information content (AvgIpc) is 2.73. The van der Waals surface area contributed by atoms with Gasteiger partial charge in [0.1, 0.15) is 5.75 Å². The highest BCUT2D eigenvalue weighted by atomic mass is 35.5. The van der Waals surface area contributed by atoms with Gasteiger partial charge in [-0.25, -0.2) is 0 Å². The summed E-state index contributed by atoms with van der Waals surface area (Å²) in [6.07, 6.45) is 0.363. The molecule has 148 valence electrons. The SMILES string of the molecule is COc1ccc(Cl)cc1NC(=O)CCN1CCN(C(=O)c2ccccc2)CC1. The number of amides is 2. The maximum atomic E-state index is 12.5. The predicted octanol–water partition coefficient (Wildman–Crippen LogP) is 3.14. The number of nitrogens with one attached hydrogen (secondary N) is 1. The molecular weight excluding hydrogens is 378 g/mol. The number of anilines is 1. The summed E-state index contributed by atoms with van der Waals surface area (Å²) in [5.74, 6) is 0.542. The fraction of sp³-hybridized carbons (Fsp3) is 0.333. The number of benzene rings is 2. The van der Waals surface area contributed by atoms with Crippen molar-refractivity contribution in [1.29, 1.82) is 0 Å². The molecule has 1 saturated heterocycles. The second-order valence-electron chi connectivity index (χ2n) is 6.64. The molecule has 0 spiro atoms. The number of piperazine rings is 1. The van der Waals surface area contributed by atoms with Gasteiger partial charge >= 0.3 is 0 Å². The molecular formula is C21H24ClN3O3. The maximum absolute atomic E-state index is 12.5. The van der Waals surface area contributed by atoms with Crippen molar-refractivity contribution in [1.82, 2.24) is 9.80 Å². The highest BCUT2D eigenvalue weighted by Crippen LogP contribution is 2.27. The first-order chi connectivity index (χ1) is 13.6. The molecule has 0 bridgehead atoms. The molecule has 2 aromatic carbocycles. The fourth-order valence-corrected chi connectivity index (χ4v) is 3.36. The van der Waals surface area contributed by atoms with Crippen molar-refractivity contribution in [3.63, 3.8) is 0 Å². The number of carbonyl (C=O) groups is 2. The minimum atomic E-state index is -0.0941. The highest BCUT2D eigenvalue weighted by molar-refractivity contribution is 6.31. The van der Waals surface area contributed by atoms with Crippen LogP contribution in [0.25, 0.3) is 0 Å². The summed E-state index contributed by atoms with van der Waals surface area (Å²) in [7, 11) is 1.55. The molecule has 1 aliphatic rings. The molecule has 0 atom stereocenters. The number of nitrogens with zero attached hydrogens (tertiary/aromatic N) is 2. The summed E-state index contributed by atoms with van der Waals surface area (Å²) in [4.78, 5) is 28.8. The smallest absolute Gasteiger partial charge is 0.253 e. The van der Waals surface area contributed by atoms with Crippen LogP contribution in [-0.2, 0) is 4.79 Å². The molecule has 0 aliphatic carbocycles. The number of rotatable bonds is 6. The number of ether oxygens (including phenoxy) is 1. The van der Waals surface area contributed by atoms with Crippen molar-refractivity contribution in [2.24, 2.45) is 0 Å². The van der Waals surface area contributed by atoms with Gasteiger partial charge in [-0.05, 0) is 30.3 Å². The van der Waals surface area contributed by atoms with Gasteiger partial charge in [0, 0.05) is 49.7 Å². The van der Waals surface area contributed by atoms with E-state index in [1.807, 2.05) is 35.2 Å². The minimum absolute atomic E-state index is 0.0612. The second kappa shape index (κ2) is 9.57. The molecule has 3 rings (SSSR count). The van der Waals surface area contributed by atoms with Crippen molar-refractivity contribution < 1.29 is 14.3 Å². The van der Waals surface area contributed by atoms with Crippen LogP contribution in [0.5, 0.6) is 5.75 Å². The Morgan fingerprint density at radius 2 is 1.79 bits per heavy atom. The molecule has 1 heterocycles. The average molecular weight is 402 g/mol. The lowest BCUT2D eigenvalue weighted by Gasteiger charge is -2.34. The molecule has 1 N–H and O–H groups in total. The first kappa shape index (κ1) is 20.2. The van der Waals surface area contributed by atoms with Crippen LogP contribution in [0.15, 0.2) is 48.5 Å². The summed E-state index contributed by atoms with van der Waals surface area (Å²) in [5, 5.41) is 3.39. The molecule has 0 radical (unpaired) electrons. The Bertz CT molecular complexity index is 821. The lowest BCUT2D eigenvalue weighted by Crippen LogP contribution is -2.49.